The highest BCUT2D eigenvalue weighted by Gasteiger charge is 2.37. The molecule has 1 aliphatic heterocycles. The number of aromatic carboxylic acids is 1. The molecule has 2 heterocycles. The monoisotopic (exact) mass is 396 g/mol. The van der Waals surface area contributed by atoms with Crippen LogP contribution in [0, 0.1) is 12.8 Å². The number of oxazole rings is 1. The minimum absolute atomic E-state index is 0.00137. The van der Waals surface area contributed by atoms with Crippen molar-refractivity contribution in [2.45, 2.75) is 57.3 Å². The summed E-state index contributed by atoms with van der Waals surface area (Å²) in [5.74, 6) is -0.0648. The number of hydrogen-bond donors (Lipinski definition) is 1. The van der Waals surface area contributed by atoms with E-state index in [-0.39, 0.29) is 23.4 Å². The molecule has 0 bridgehead atoms. The highest BCUT2D eigenvalue weighted by atomic mass is 16.4. The third-order valence-electron chi connectivity index (χ3n) is 6.64. The molecule has 2 aromatic rings. The molecule has 29 heavy (non-hydrogen) atoms. The van der Waals surface area contributed by atoms with Gasteiger partial charge in [-0.3, -0.25) is 4.79 Å². The SMILES string of the molecule is Cc1ccccc1C(C(=O)N1CCC(c2ocnc2C(=O)O)CC1)C1CCCC1. The summed E-state index contributed by atoms with van der Waals surface area (Å²) in [5.41, 5.74) is 2.34. The average Bonchev–Trinajstić information content (AvgIpc) is 3.42. The standard InChI is InChI=1S/C23H28N2O4/c1-15-6-2-5-9-18(15)19(16-7-3-4-8-16)22(26)25-12-10-17(11-13-25)21-20(23(27)28)24-14-29-21/h2,5-6,9,14,16-17,19H,3-4,7-8,10-13H2,1H3,(H,27,28). The van der Waals surface area contributed by atoms with Crippen molar-refractivity contribution in [3.05, 3.63) is 53.2 Å². The molecule has 1 atom stereocenters. The van der Waals surface area contributed by atoms with Crippen LogP contribution in [-0.2, 0) is 4.79 Å². The van der Waals surface area contributed by atoms with Crippen LogP contribution >= 0.6 is 0 Å². The molecule has 4 rings (SSSR count). The van der Waals surface area contributed by atoms with Crippen LogP contribution in [0.25, 0.3) is 0 Å². The van der Waals surface area contributed by atoms with E-state index in [0.29, 0.717) is 37.6 Å². The summed E-state index contributed by atoms with van der Waals surface area (Å²) >= 11 is 0. The van der Waals surface area contributed by atoms with Crippen LogP contribution in [0.2, 0.25) is 0 Å². The predicted octanol–water partition coefficient (Wildman–Crippen LogP) is 4.36. The Kier molecular flexibility index (Phi) is 5.69. The Hall–Kier alpha value is -2.63. The fourth-order valence-corrected chi connectivity index (χ4v) is 5.08. The maximum absolute atomic E-state index is 13.6. The molecule has 1 unspecified atom stereocenters. The molecule has 1 saturated carbocycles. The van der Waals surface area contributed by atoms with Gasteiger partial charge >= 0.3 is 5.97 Å². The molecule has 154 valence electrons. The number of aromatic nitrogens is 1. The molecule has 1 aromatic carbocycles. The van der Waals surface area contributed by atoms with Gasteiger partial charge in [-0.2, -0.15) is 0 Å². The van der Waals surface area contributed by atoms with Gasteiger partial charge in [0.1, 0.15) is 5.76 Å². The van der Waals surface area contributed by atoms with Gasteiger partial charge in [-0.1, -0.05) is 37.1 Å². The fraction of sp³-hybridized carbons (Fsp3) is 0.522. The van der Waals surface area contributed by atoms with E-state index in [1.807, 2.05) is 17.0 Å². The van der Waals surface area contributed by atoms with Crippen LogP contribution in [0.4, 0.5) is 0 Å². The van der Waals surface area contributed by atoms with Gasteiger partial charge in [-0.15, -0.1) is 0 Å². The molecule has 2 fully saturated rings. The topological polar surface area (TPSA) is 83.6 Å². The van der Waals surface area contributed by atoms with E-state index >= 15 is 0 Å². The van der Waals surface area contributed by atoms with E-state index in [2.05, 4.69) is 24.0 Å². The first-order valence-electron chi connectivity index (χ1n) is 10.6. The number of piperidine rings is 1. The lowest BCUT2D eigenvalue weighted by Crippen LogP contribution is -2.42. The Labute approximate surface area is 170 Å². The third-order valence-corrected chi connectivity index (χ3v) is 6.64. The molecular formula is C23H28N2O4. The number of carbonyl (C=O) groups excluding carboxylic acids is 1. The van der Waals surface area contributed by atoms with Crippen molar-refractivity contribution >= 4 is 11.9 Å². The van der Waals surface area contributed by atoms with Crippen molar-refractivity contribution in [1.29, 1.82) is 0 Å². The number of carboxylic acids is 1. The molecule has 1 aliphatic carbocycles. The fourth-order valence-electron chi connectivity index (χ4n) is 5.08. The second-order valence-corrected chi connectivity index (χ2v) is 8.35. The second kappa shape index (κ2) is 8.39. The van der Waals surface area contributed by atoms with E-state index in [0.717, 1.165) is 18.4 Å². The average molecular weight is 396 g/mol. The van der Waals surface area contributed by atoms with Gasteiger partial charge in [0.25, 0.3) is 0 Å². The van der Waals surface area contributed by atoms with Crippen LogP contribution in [0.3, 0.4) is 0 Å². The van der Waals surface area contributed by atoms with E-state index in [1.54, 1.807) is 0 Å². The summed E-state index contributed by atoms with van der Waals surface area (Å²) in [4.78, 5) is 30.7. The van der Waals surface area contributed by atoms with Gasteiger partial charge in [0.2, 0.25) is 5.91 Å². The molecular weight excluding hydrogens is 368 g/mol. The number of benzene rings is 1. The number of carbonyl (C=O) groups is 2. The van der Waals surface area contributed by atoms with Crippen LogP contribution in [-0.4, -0.2) is 40.0 Å². The lowest BCUT2D eigenvalue weighted by atomic mass is 9.81. The largest absolute Gasteiger partial charge is 0.476 e. The lowest BCUT2D eigenvalue weighted by Gasteiger charge is -2.36. The van der Waals surface area contributed by atoms with Crippen molar-refractivity contribution in [2.75, 3.05) is 13.1 Å². The van der Waals surface area contributed by atoms with E-state index in [4.69, 9.17) is 4.42 Å². The zero-order chi connectivity index (χ0) is 20.4. The maximum Gasteiger partial charge on any atom is 0.358 e. The van der Waals surface area contributed by atoms with Crippen molar-refractivity contribution in [1.82, 2.24) is 9.88 Å². The molecule has 0 radical (unpaired) electrons. The van der Waals surface area contributed by atoms with Gasteiger partial charge in [0.15, 0.2) is 12.1 Å². The van der Waals surface area contributed by atoms with E-state index < -0.39 is 5.97 Å². The number of rotatable bonds is 5. The van der Waals surface area contributed by atoms with Crippen LogP contribution in [0.1, 0.15) is 77.7 Å². The first-order valence-corrected chi connectivity index (χ1v) is 10.6. The minimum Gasteiger partial charge on any atom is -0.476 e. The van der Waals surface area contributed by atoms with Gasteiger partial charge in [0, 0.05) is 19.0 Å². The second-order valence-electron chi connectivity index (χ2n) is 8.35. The Morgan fingerprint density at radius 3 is 2.48 bits per heavy atom. The highest BCUT2D eigenvalue weighted by molar-refractivity contribution is 5.86. The summed E-state index contributed by atoms with van der Waals surface area (Å²) in [7, 11) is 0. The Balaban J connectivity index is 1.50. The van der Waals surface area contributed by atoms with E-state index in [9.17, 15) is 14.7 Å². The van der Waals surface area contributed by atoms with Crippen molar-refractivity contribution < 1.29 is 19.1 Å². The summed E-state index contributed by atoms with van der Waals surface area (Å²) in [6, 6.07) is 8.25. The van der Waals surface area contributed by atoms with Crippen LogP contribution in [0.5, 0.6) is 0 Å². The normalized spacial score (nSPS) is 19.4. The number of hydrogen-bond acceptors (Lipinski definition) is 4. The molecule has 1 N–H and O–H groups in total. The predicted molar refractivity (Wildman–Crippen MR) is 108 cm³/mol. The Bertz CT molecular complexity index is 877. The number of nitrogens with zero attached hydrogens (tertiary/aromatic N) is 2. The summed E-state index contributed by atoms with van der Waals surface area (Å²) < 4.78 is 5.38. The Morgan fingerprint density at radius 1 is 1.14 bits per heavy atom. The molecule has 1 aromatic heterocycles. The van der Waals surface area contributed by atoms with Crippen LogP contribution < -0.4 is 0 Å². The summed E-state index contributed by atoms with van der Waals surface area (Å²) in [6.07, 6.45) is 7.23. The van der Waals surface area contributed by atoms with Crippen molar-refractivity contribution in [2.24, 2.45) is 5.92 Å². The van der Waals surface area contributed by atoms with Crippen molar-refractivity contribution in [3.63, 3.8) is 0 Å². The minimum atomic E-state index is -1.06. The number of aryl methyl sites for hydroxylation is 1. The first-order chi connectivity index (χ1) is 14.1. The van der Waals surface area contributed by atoms with Gasteiger partial charge < -0.3 is 14.4 Å². The third kappa shape index (κ3) is 3.93. The molecule has 1 amide bonds. The van der Waals surface area contributed by atoms with Crippen molar-refractivity contribution in [3.8, 4) is 0 Å². The summed E-state index contributed by atoms with van der Waals surface area (Å²) in [6.45, 7) is 3.34. The molecule has 1 saturated heterocycles. The van der Waals surface area contributed by atoms with Gasteiger partial charge in [-0.25, -0.2) is 9.78 Å². The number of amides is 1. The number of carboxylic acid groups (broad SMARTS) is 1. The zero-order valence-corrected chi connectivity index (χ0v) is 16.8. The molecule has 0 spiro atoms. The van der Waals surface area contributed by atoms with Crippen LogP contribution in [0.15, 0.2) is 35.1 Å². The number of likely N-dealkylation sites (tertiary alicyclic amines) is 1. The first kappa shape index (κ1) is 19.7. The highest BCUT2D eigenvalue weighted by Crippen LogP contribution is 2.40. The van der Waals surface area contributed by atoms with Gasteiger partial charge in [-0.05, 0) is 49.7 Å². The van der Waals surface area contributed by atoms with Gasteiger partial charge in [0.05, 0.1) is 5.92 Å². The zero-order valence-electron chi connectivity index (χ0n) is 16.8. The molecule has 2 aliphatic rings. The molecule has 6 heteroatoms. The maximum atomic E-state index is 13.6. The quantitative estimate of drug-likeness (QED) is 0.812. The summed E-state index contributed by atoms with van der Waals surface area (Å²) in [5, 5.41) is 9.28. The molecule has 6 nitrogen and oxygen atoms in total. The Morgan fingerprint density at radius 2 is 1.83 bits per heavy atom. The lowest BCUT2D eigenvalue weighted by molar-refractivity contribution is -0.135. The smallest absolute Gasteiger partial charge is 0.358 e. The van der Waals surface area contributed by atoms with E-state index in [1.165, 1.54) is 24.8 Å².